The average molecular weight is 504 g/mol. The van der Waals surface area contributed by atoms with Crippen LogP contribution in [-0.2, 0) is 11.3 Å². The minimum absolute atomic E-state index is 0.102. The summed E-state index contributed by atoms with van der Waals surface area (Å²) in [5.74, 6) is -0.620. The van der Waals surface area contributed by atoms with Crippen molar-refractivity contribution in [2.45, 2.75) is 51.9 Å². The van der Waals surface area contributed by atoms with Crippen LogP contribution >= 0.6 is 11.3 Å². The molecular formula is C25H34FN5O3S. The first-order chi connectivity index (χ1) is 16.8. The predicted octanol–water partition coefficient (Wildman–Crippen LogP) is 3.69. The zero-order chi connectivity index (χ0) is 25.0. The van der Waals surface area contributed by atoms with Crippen LogP contribution in [0.25, 0.3) is 0 Å². The van der Waals surface area contributed by atoms with Crippen molar-refractivity contribution in [3.05, 3.63) is 40.4 Å². The van der Waals surface area contributed by atoms with Crippen LogP contribution in [0.2, 0.25) is 0 Å². The number of hydrogen-bond donors (Lipinski definition) is 2. The van der Waals surface area contributed by atoms with Gasteiger partial charge in [-0.15, -0.1) is 11.3 Å². The Labute approximate surface area is 209 Å². The number of amides is 2. The summed E-state index contributed by atoms with van der Waals surface area (Å²) >= 11 is 1.32. The molecule has 1 aromatic carbocycles. The molecule has 3 heterocycles. The summed E-state index contributed by atoms with van der Waals surface area (Å²) in [4.78, 5) is 34.5. The summed E-state index contributed by atoms with van der Waals surface area (Å²) in [7, 11) is 0. The maximum absolute atomic E-state index is 13.6. The minimum atomic E-state index is -0.859. The van der Waals surface area contributed by atoms with Crippen molar-refractivity contribution in [3.63, 3.8) is 0 Å². The molecule has 8 nitrogen and oxygen atoms in total. The van der Waals surface area contributed by atoms with E-state index in [-0.39, 0.29) is 17.1 Å². The van der Waals surface area contributed by atoms with Gasteiger partial charge in [-0.05, 0) is 44.4 Å². The van der Waals surface area contributed by atoms with Gasteiger partial charge in [-0.25, -0.2) is 9.37 Å². The van der Waals surface area contributed by atoms with Crippen LogP contribution in [0.4, 0.5) is 15.2 Å². The Morgan fingerprint density at radius 3 is 2.83 bits per heavy atom. The molecule has 2 amide bonds. The molecule has 2 fully saturated rings. The molecule has 0 aliphatic carbocycles. The third kappa shape index (κ3) is 6.17. The van der Waals surface area contributed by atoms with E-state index in [0.29, 0.717) is 62.2 Å². The van der Waals surface area contributed by atoms with Crippen LogP contribution in [0.1, 0.15) is 60.0 Å². The Morgan fingerprint density at radius 1 is 1.29 bits per heavy atom. The highest BCUT2D eigenvalue weighted by atomic mass is 32.1. The Balaban J connectivity index is 1.52. The SMILES string of the molecule is CCCNC(=O)c1cc(CN2CCOCC2(C)C)ccc1NC(=O)c1csc(N2CC[C@H](F)C2)n1. The largest absolute Gasteiger partial charge is 0.378 e. The molecule has 1 atom stereocenters. The average Bonchev–Trinajstić information content (AvgIpc) is 3.49. The van der Waals surface area contributed by atoms with E-state index in [0.717, 1.165) is 18.5 Å². The molecule has 35 heavy (non-hydrogen) atoms. The molecule has 2 saturated heterocycles. The molecule has 0 unspecified atom stereocenters. The summed E-state index contributed by atoms with van der Waals surface area (Å²) in [6.45, 7) is 10.6. The van der Waals surface area contributed by atoms with Crippen molar-refractivity contribution in [1.29, 1.82) is 0 Å². The van der Waals surface area contributed by atoms with Crippen LogP contribution in [0.5, 0.6) is 0 Å². The number of thiazole rings is 1. The summed E-state index contributed by atoms with van der Waals surface area (Å²) in [6, 6.07) is 5.57. The van der Waals surface area contributed by atoms with E-state index in [9.17, 15) is 14.0 Å². The molecule has 0 radical (unpaired) electrons. The fourth-order valence-electron chi connectivity index (χ4n) is 4.32. The van der Waals surface area contributed by atoms with E-state index in [4.69, 9.17) is 4.74 Å². The van der Waals surface area contributed by atoms with Gasteiger partial charge in [-0.2, -0.15) is 0 Å². The maximum Gasteiger partial charge on any atom is 0.275 e. The number of ether oxygens (including phenoxy) is 1. The van der Waals surface area contributed by atoms with Crippen LogP contribution in [0, 0.1) is 0 Å². The Morgan fingerprint density at radius 2 is 2.11 bits per heavy atom. The second-order valence-electron chi connectivity index (χ2n) is 9.72. The second kappa shape index (κ2) is 11.0. The van der Waals surface area contributed by atoms with Gasteiger partial charge in [0.2, 0.25) is 0 Å². The van der Waals surface area contributed by atoms with E-state index >= 15 is 0 Å². The number of carbonyl (C=O) groups is 2. The second-order valence-corrected chi connectivity index (χ2v) is 10.6. The molecule has 2 aliphatic rings. The van der Waals surface area contributed by atoms with Gasteiger partial charge in [0.05, 0.1) is 31.0 Å². The smallest absolute Gasteiger partial charge is 0.275 e. The highest BCUT2D eigenvalue weighted by molar-refractivity contribution is 7.14. The fraction of sp³-hybridized carbons (Fsp3) is 0.560. The molecule has 190 valence electrons. The number of anilines is 2. The third-order valence-corrected chi connectivity index (χ3v) is 7.33. The van der Waals surface area contributed by atoms with Gasteiger partial charge >= 0.3 is 0 Å². The number of carbonyl (C=O) groups excluding carboxylic acids is 2. The zero-order valence-corrected chi connectivity index (χ0v) is 21.4. The molecule has 0 saturated carbocycles. The molecule has 0 bridgehead atoms. The molecule has 4 rings (SSSR count). The molecule has 2 aliphatic heterocycles. The van der Waals surface area contributed by atoms with E-state index in [1.54, 1.807) is 11.4 Å². The highest BCUT2D eigenvalue weighted by Gasteiger charge is 2.31. The number of alkyl halides is 1. The number of nitrogens with zero attached hydrogens (tertiary/aromatic N) is 3. The van der Waals surface area contributed by atoms with Crippen molar-refractivity contribution in [1.82, 2.24) is 15.2 Å². The van der Waals surface area contributed by atoms with Gasteiger partial charge in [0, 0.05) is 37.1 Å². The molecule has 10 heteroatoms. The molecule has 2 aromatic rings. The van der Waals surface area contributed by atoms with Gasteiger partial charge in [0.25, 0.3) is 11.8 Å². The van der Waals surface area contributed by atoms with Gasteiger partial charge < -0.3 is 20.3 Å². The quantitative estimate of drug-likeness (QED) is 0.571. The van der Waals surface area contributed by atoms with Gasteiger partial charge in [0.1, 0.15) is 11.9 Å². The van der Waals surface area contributed by atoms with Crippen LogP contribution in [0.15, 0.2) is 23.6 Å². The van der Waals surface area contributed by atoms with Crippen molar-refractivity contribution in [3.8, 4) is 0 Å². The first-order valence-electron chi connectivity index (χ1n) is 12.2. The topological polar surface area (TPSA) is 86.8 Å². The van der Waals surface area contributed by atoms with Gasteiger partial charge in [0.15, 0.2) is 5.13 Å². The lowest BCUT2D eigenvalue weighted by Gasteiger charge is -2.42. The van der Waals surface area contributed by atoms with Crippen LogP contribution in [-0.4, -0.2) is 72.8 Å². The number of hydrogen-bond acceptors (Lipinski definition) is 7. The van der Waals surface area contributed by atoms with Gasteiger partial charge in [-0.3, -0.25) is 14.5 Å². The lowest BCUT2D eigenvalue weighted by molar-refractivity contribution is -0.0552. The molecule has 0 spiro atoms. The number of benzene rings is 1. The van der Waals surface area contributed by atoms with Crippen molar-refractivity contribution in [2.24, 2.45) is 0 Å². The van der Waals surface area contributed by atoms with E-state index < -0.39 is 12.1 Å². The monoisotopic (exact) mass is 503 g/mol. The summed E-state index contributed by atoms with van der Waals surface area (Å²) in [6.07, 6.45) is 0.431. The summed E-state index contributed by atoms with van der Waals surface area (Å²) < 4.78 is 19.2. The highest BCUT2D eigenvalue weighted by Crippen LogP contribution is 2.27. The number of rotatable bonds is 8. The van der Waals surface area contributed by atoms with E-state index in [2.05, 4.69) is 34.4 Å². The number of aromatic nitrogens is 1. The standard InChI is InChI=1S/C25H34FN5O3S/c1-4-8-27-22(32)19-12-17(13-31-10-11-34-16-25(31,2)3)5-6-20(19)28-23(33)21-15-35-24(29-21)30-9-7-18(26)14-30/h5-6,12,15,18H,4,7-11,13-14,16H2,1-3H3,(H,27,32)(H,28,33)/t18-/m0/s1. The fourth-order valence-corrected chi connectivity index (χ4v) is 5.16. The minimum Gasteiger partial charge on any atom is -0.378 e. The number of halogens is 1. The van der Waals surface area contributed by atoms with Crippen molar-refractivity contribution >= 4 is 34.0 Å². The third-order valence-electron chi connectivity index (χ3n) is 6.43. The molecule has 1 aromatic heterocycles. The Bertz CT molecular complexity index is 1060. The first kappa shape index (κ1) is 25.5. The van der Waals surface area contributed by atoms with Crippen molar-refractivity contribution < 1.29 is 18.7 Å². The van der Waals surface area contributed by atoms with Crippen LogP contribution in [0.3, 0.4) is 0 Å². The molecule has 2 N–H and O–H groups in total. The summed E-state index contributed by atoms with van der Waals surface area (Å²) in [5.41, 5.74) is 2.01. The summed E-state index contributed by atoms with van der Waals surface area (Å²) in [5, 5.41) is 8.08. The van der Waals surface area contributed by atoms with Crippen LogP contribution < -0.4 is 15.5 Å². The number of morpholine rings is 1. The normalized spacial score (nSPS) is 20.1. The molecular weight excluding hydrogens is 469 g/mol. The Kier molecular flexibility index (Phi) is 8.03. The predicted molar refractivity (Wildman–Crippen MR) is 136 cm³/mol. The maximum atomic E-state index is 13.6. The van der Waals surface area contributed by atoms with E-state index in [1.807, 2.05) is 24.0 Å². The zero-order valence-electron chi connectivity index (χ0n) is 20.6. The number of nitrogens with one attached hydrogen (secondary N) is 2. The Hall–Kier alpha value is -2.56. The lowest BCUT2D eigenvalue weighted by Crippen LogP contribution is -2.52. The lowest BCUT2D eigenvalue weighted by atomic mass is 10.00. The van der Waals surface area contributed by atoms with Crippen molar-refractivity contribution in [2.75, 3.05) is 49.6 Å². The van der Waals surface area contributed by atoms with E-state index in [1.165, 1.54) is 11.3 Å². The first-order valence-corrected chi connectivity index (χ1v) is 13.0. The van der Waals surface area contributed by atoms with Gasteiger partial charge in [-0.1, -0.05) is 13.0 Å².